The number of nitrogens with zero attached hydrogens (tertiary/aromatic N) is 3. The van der Waals surface area contributed by atoms with E-state index in [9.17, 15) is 0 Å². The highest BCUT2D eigenvalue weighted by atomic mass is 35.5. The standard InChI is InChI=1S/C14H11ClN4O/c15-11-6-10(7-12(16)8-11)14-18-13(19-20-14)5-9-1-3-17-4-2-9/h1-4,6-8H,5,16H2. The van der Waals surface area contributed by atoms with Crippen molar-refractivity contribution >= 4 is 17.3 Å². The fourth-order valence-corrected chi connectivity index (χ4v) is 2.11. The molecule has 0 saturated heterocycles. The zero-order valence-electron chi connectivity index (χ0n) is 10.5. The summed E-state index contributed by atoms with van der Waals surface area (Å²) in [5.41, 5.74) is 8.08. The topological polar surface area (TPSA) is 77.8 Å². The van der Waals surface area contributed by atoms with Crippen molar-refractivity contribution in [2.45, 2.75) is 6.42 Å². The normalized spacial score (nSPS) is 10.7. The number of rotatable bonds is 3. The highest BCUT2D eigenvalue weighted by molar-refractivity contribution is 6.31. The molecule has 0 bridgehead atoms. The van der Waals surface area contributed by atoms with Gasteiger partial charge in [-0.2, -0.15) is 4.98 Å². The molecule has 0 aliphatic heterocycles. The Kier molecular flexibility index (Phi) is 3.35. The average Bonchev–Trinajstić information content (AvgIpc) is 2.87. The van der Waals surface area contributed by atoms with Gasteiger partial charge in [-0.3, -0.25) is 4.98 Å². The minimum atomic E-state index is 0.406. The van der Waals surface area contributed by atoms with Gasteiger partial charge in [-0.05, 0) is 35.9 Å². The van der Waals surface area contributed by atoms with Crippen LogP contribution in [-0.2, 0) is 6.42 Å². The van der Waals surface area contributed by atoms with E-state index >= 15 is 0 Å². The first-order chi connectivity index (χ1) is 9.70. The Hall–Kier alpha value is -2.40. The Morgan fingerprint density at radius 2 is 1.95 bits per heavy atom. The van der Waals surface area contributed by atoms with E-state index in [1.54, 1.807) is 30.6 Å². The molecule has 1 aromatic carbocycles. The summed E-state index contributed by atoms with van der Waals surface area (Å²) < 4.78 is 5.24. The summed E-state index contributed by atoms with van der Waals surface area (Å²) in [6, 6.07) is 8.97. The van der Waals surface area contributed by atoms with Crippen molar-refractivity contribution in [3.05, 3.63) is 59.1 Å². The van der Waals surface area contributed by atoms with Crippen LogP contribution in [0.1, 0.15) is 11.4 Å². The second-order valence-corrected chi connectivity index (χ2v) is 4.76. The molecule has 0 fully saturated rings. The molecule has 2 N–H and O–H groups in total. The molecule has 6 heteroatoms. The van der Waals surface area contributed by atoms with Crippen molar-refractivity contribution in [1.82, 2.24) is 15.1 Å². The number of aromatic nitrogens is 3. The highest BCUT2D eigenvalue weighted by Crippen LogP contribution is 2.25. The molecule has 5 nitrogen and oxygen atoms in total. The van der Waals surface area contributed by atoms with Gasteiger partial charge in [0.1, 0.15) is 0 Å². The second-order valence-electron chi connectivity index (χ2n) is 4.32. The Labute approximate surface area is 120 Å². The molecule has 20 heavy (non-hydrogen) atoms. The number of anilines is 1. The molecule has 0 amide bonds. The van der Waals surface area contributed by atoms with Crippen molar-refractivity contribution < 1.29 is 4.52 Å². The second kappa shape index (κ2) is 5.30. The van der Waals surface area contributed by atoms with Gasteiger partial charge in [-0.1, -0.05) is 16.8 Å². The van der Waals surface area contributed by atoms with Crippen LogP contribution >= 0.6 is 11.6 Å². The van der Waals surface area contributed by atoms with Gasteiger partial charge < -0.3 is 10.3 Å². The SMILES string of the molecule is Nc1cc(Cl)cc(-c2nc(Cc3ccncc3)no2)c1. The van der Waals surface area contributed by atoms with Gasteiger partial charge >= 0.3 is 0 Å². The molecule has 3 rings (SSSR count). The fraction of sp³-hybridized carbons (Fsp3) is 0.0714. The molecule has 0 spiro atoms. The molecule has 0 unspecified atom stereocenters. The predicted molar refractivity (Wildman–Crippen MR) is 76.2 cm³/mol. The Morgan fingerprint density at radius 1 is 1.15 bits per heavy atom. The van der Waals surface area contributed by atoms with Crippen LogP contribution < -0.4 is 5.73 Å². The van der Waals surface area contributed by atoms with Crippen molar-refractivity contribution in [3.8, 4) is 11.5 Å². The van der Waals surface area contributed by atoms with E-state index < -0.39 is 0 Å². The van der Waals surface area contributed by atoms with Gasteiger partial charge in [-0.25, -0.2) is 0 Å². The first-order valence-corrected chi connectivity index (χ1v) is 6.36. The maximum Gasteiger partial charge on any atom is 0.258 e. The van der Waals surface area contributed by atoms with Crippen molar-refractivity contribution in [2.24, 2.45) is 0 Å². The van der Waals surface area contributed by atoms with E-state index in [1.165, 1.54) is 0 Å². The zero-order chi connectivity index (χ0) is 13.9. The van der Waals surface area contributed by atoms with E-state index in [0.29, 0.717) is 34.4 Å². The van der Waals surface area contributed by atoms with Gasteiger partial charge in [0.15, 0.2) is 5.82 Å². The fourth-order valence-electron chi connectivity index (χ4n) is 1.86. The molecule has 0 atom stereocenters. The largest absolute Gasteiger partial charge is 0.399 e. The first kappa shape index (κ1) is 12.6. The summed E-state index contributed by atoms with van der Waals surface area (Å²) in [7, 11) is 0. The zero-order valence-corrected chi connectivity index (χ0v) is 11.2. The lowest BCUT2D eigenvalue weighted by atomic mass is 10.2. The molecule has 0 saturated carbocycles. The van der Waals surface area contributed by atoms with Crippen LogP contribution in [0.25, 0.3) is 11.5 Å². The highest BCUT2D eigenvalue weighted by Gasteiger charge is 2.10. The summed E-state index contributed by atoms with van der Waals surface area (Å²) in [6.45, 7) is 0. The summed E-state index contributed by atoms with van der Waals surface area (Å²) in [6.07, 6.45) is 4.05. The lowest BCUT2D eigenvalue weighted by Gasteiger charge is -1.98. The monoisotopic (exact) mass is 286 g/mol. The molecule has 0 aliphatic carbocycles. The molecule has 2 aromatic heterocycles. The number of benzene rings is 1. The predicted octanol–water partition coefficient (Wildman–Crippen LogP) is 2.96. The third kappa shape index (κ3) is 2.78. The quantitative estimate of drug-likeness (QED) is 0.749. The van der Waals surface area contributed by atoms with Crippen LogP contribution in [0.5, 0.6) is 0 Å². The van der Waals surface area contributed by atoms with E-state index in [-0.39, 0.29) is 0 Å². The first-order valence-electron chi connectivity index (χ1n) is 5.98. The third-order valence-electron chi connectivity index (χ3n) is 2.75. The summed E-state index contributed by atoms with van der Waals surface area (Å²) in [5.74, 6) is 1.01. The number of nitrogen functional groups attached to an aromatic ring is 1. The number of nitrogens with two attached hydrogens (primary N) is 1. The third-order valence-corrected chi connectivity index (χ3v) is 2.96. The Bertz CT molecular complexity index is 707. The van der Waals surface area contributed by atoms with E-state index in [1.807, 2.05) is 12.1 Å². The minimum Gasteiger partial charge on any atom is -0.399 e. The average molecular weight is 287 g/mol. The van der Waals surface area contributed by atoms with Gasteiger partial charge in [0.2, 0.25) is 0 Å². The van der Waals surface area contributed by atoms with Crippen LogP contribution in [-0.4, -0.2) is 15.1 Å². The molecular weight excluding hydrogens is 276 g/mol. The van der Waals surface area contributed by atoms with Gasteiger partial charge in [0.25, 0.3) is 5.89 Å². The molecule has 100 valence electrons. The minimum absolute atomic E-state index is 0.406. The van der Waals surface area contributed by atoms with E-state index in [0.717, 1.165) is 5.56 Å². The van der Waals surface area contributed by atoms with Crippen LogP contribution in [0, 0.1) is 0 Å². The number of hydrogen-bond acceptors (Lipinski definition) is 5. The molecule has 0 radical (unpaired) electrons. The summed E-state index contributed by atoms with van der Waals surface area (Å²) in [4.78, 5) is 8.31. The van der Waals surface area contributed by atoms with Crippen molar-refractivity contribution in [1.29, 1.82) is 0 Å². The van der Waals surface area contributed by atoms with Crippen LogP contribution in [0.2, 0.25) is 5.02 Å². The molecule has 3 aromatic rings. The molecular formula is C14H11ClN4O. The number of pyridine rings is 1. The smallest absolute Gasteiger partial charge is 0.258 e. The summed E-state index contributed by atoms with van der Waals surface area (Å²) in [5, 5.41) is 4.49. The summed E-state index contributed by atoms with van der Waals surface area (Å²) >= 11 is 5.96. The van der Waals surface area contributed by atoms with Gasteiger partial charge in [-0.15, -0.1) is 0 Å². The lowest BCUT2D eigenvalue weighted by molar-refractivity contribution is 0.424. The Morgan fingerprint density at radius 3 is 2.70 bits per heavy atom. The lowest BCUT2D eigenvalue weighted by Crippen LogP contribution is -1.91. The van der Waals surface area contributed by atoms with E-state index in [2.05, 4.69) is 15.1 Å². The number of hydrogen-bond donors (Lipinski definition) is 1. The number of halogens is 1. The maximum atomic E-state index is 5.96. The van der Waals surface area contributed by atoms with Crippen LogP contribution in [0.15, 0.2) is 47.2 Å². The van der Waals surface area contributed by atoms with Crippen molar-refractivity contribution in [3.63, 3.8) is 0 Å². The van der Waals surface area contributed by atoms with Gasteiger partial charge in [0.05, 0.1) is 0 Å². The van der Waals surface area contributed by atoms with Gasteiger partial charge in [0, 0.05) is 35.1 Å². The maximum absolute atomic E-state index is 5.96. The Balaban J connectivity index is 1.86. The molecule has 2 heterocycles. The van der Waals surface area contributed by atoms with Crippen LogP contribution in [0.4, 0.5) is 5.69 Å². The van der Waals surface area contributed by atoms with Crippen molar-refractivity contribution in [2.75, 3.05) is 5.73 Å². The van der Waals surface area contributed by atoms with Crippen LogP contribution in [0.3, 0.4) is 0 Å². The van der Waals surface area contributed by atoms with E-state index in [4.69, 9.17) is 21.9 Å². The molecule has 0 aliphatic rings.